The second-order valence-corrected chi connectivity index (χ2v) is 10.0. The summed E-state index contributed by atoms with van der Waals surface area (Å²) in [6.07, 6.45) is 9.62. The van der Waals surface area contributed by atoms with Crippen LogP contribution in [-0.2, 0) is 19.4 Å². The lowest BCUT2D eigenvalue weighted by Gasteiger charge is -2.30. The molecular formula is C23H26FN3O7S. The van der Waals surface area contributed by atoms with Gasteiger partial charge in [-0.1, -0.05) is 6.42 Å². The summed E-state index contributed by atoms with van der Waals surface area (Å²) in [5.41, 5.74) is -0.0253. The molecular weight excluding hydrogens is 481 g/mol. The summed E-state index contributed by atoms with van der Waals surface area (Å²) in [6, 6.07) is 5.02. The number of halogens is 1. The van der Waals surface area contributed by atoms with E-state index in [2.05, 4.69) is 16.4 Å². The van der Waals surface area contributed by atoms with Crippen molar-refractivity contribution in [3.05, 3.63) is 36.3 Å². The first kappa shape index (κ1) is 26.1. The van der Waals surface area contributed by atoms with Crippen molar-refractivity contribution in [2.45, 2.75) is 43.8 Å². The van der Waals surface area contributed by atoms with E-state index in [1.165, 1.54) is 23.4 Å². The minimum atomic E-state index is -3.56. The summed E-state index contributed by atoms with van der Waals surface area (Å²) in [4.78, 5) is 20.8. The van der Waals surface area contributed by atoms with Crippen molar-refractivity contribution in [1.29, 1.82) is 0 Å². The zero-order chi connectivity index (χ0) is 25.6. The van der Waals surface area contributed by atoms with Gasteiger partial charge in [-0.25, -0.2) is 22.6 Å². The number of sulfone groups is 1. The molecule has 2 aromatic rings. The Bertz CT molecular complexity index is 1210. The number of aromatic nitrogens is 1. The number of hydrogen-bond acceptors (Lipinski definition) is 10. The highest BCUT2D eigenvalue weighted by molar-refractivity contribution is 7.90. The largest absolute Gasteiger partial charge is 0.528 e. The van der Waals surface area contributed by atoms with Gasteiger partial charge in [-0.3, -0.25) is 0 Å². The number of nitrogens with one attached hydrogen (secondary N) is 1. The number of carbonyl (C=O) groups is 1. The van der Waals surface area contributed by atoms with Gasteiger partial charge in [0.25, 0.3) is 0 Å². The number of benzene rings is 1. The summed E-state index contributed by atoms with van der Waals surface area (Å²) in [7, 11) is -3.56. The fourth-order valence-electron chi connectivity index (χ4n) is 3.27. The second kappa shape index (κ2) is 11.2. The first-order valence-corrected chi connectivity index (χ1v) is 12.6. The van der Waals surface area contributed by atoms with Crippen molar-refractivity contribution >= 4 is 27.5 Å². The van der Waals surface area contributed by atoms with Gasteiger partial charge in [-0.15, -0.1) is 5.06 Å². The Kier molecular flexibility index (Phi) is 8.37. The van der Waals surface area contributed by atoms with Gasteiger partial charge in [-0.05, 0) is 32.0 Å². The number of pyridine rings is 1. The molecule has 12 heteroatoms. The number of carbonyl (C=O) groups excluding carboxylic acids is 1. The molecule has 0 bridgehead atoms. The molecule has 0 spiro atoms. The lowest BCUT2D eigenvalue weighted by molar-refractivity contribution is -0.151. The molecule has 0 unspecified atom stereocenters. The average molecular weight is 508 g/mol. The second-order valence-electron chi connectivity index (χ2n) is 8.00. The predicted molar refractivity (Wildman–Crippen MR) is 124 cm³/mol. The molecule has 0 aliphatic carbocycles. The summed E-state index contributed by atoms with van der Waals surface area (Å²) < 4.78 is 54.1. The highest BCUT2D eigenvalue weighted by Crippen LogP contribution is 2.37. The van der Waals surface area contributed by atoms with E-state index in [-0.39, 0.29) is 40.1 Å². The van der Waals surface area contributed by atoms with Crippen LogP contribution in [0.5, 0.6) is 11.5 Å². The number of hydrogen-bond donors (Lipinski definition) is 1. The topological polar surface area (TPSA) is 116 Å². The van der Waals surface area contributed by atoms with Gasteiger partial charge in [0, 0.05) is 44.5 Å². The van der Waals surface area contributed by atoms with E-state index >= 15 is 0 Å². The summed E-state index contributed by atoms with van der Waals surface area (Å²) >= 11 is 0. The van der Waals surface area contributed by atoms with Gasteiger partial charge >= 0.3 is 6.16 Å². The van der Waals surface area contributed by atoms with Crippen LogP contribution in [0.15, 0.2) is 35.4 Å². The van der Waals surface area contributed by atoms with Gasteiger partial charge < -0.3 is 24.4 Å². The fourth-order valence-corrected chi connectivity index (χ4v) is 3.90. The summed E-state index contributed by atoms with van der Waals surface area (Å²) in [5, 5.41) is 4.27. The third-order valence-corrected chi connectivity index (χ3v) is 5.99. The third-order valence-electron chi connectivity index (χ3n) is 4.88. The van der Waals surface area contributed by atoms with Crippen LogP contribution in [0.1, 0.15) is 26.7 Å². The first-order chi connectivity index (χ1) is 16.6. The number of nitrogens with zero attached hydrogens (tertiary/aromatic N) is 2. The van der Waals surface area contributed by atoms with E-state index in [9.17, 15) is 17.6 Å². The zero-order valence-corrected chi connectivity index (χ0v) is 20.3. The maximum atomic E-state index is 14.5. The van der Waals surface area contributed by atoms with Crippen LogP contribution < -0.4 is 14.8 Å². The number of ether oxygens (including phenoxy) is 3. The lowest BCUT2D eigenvalue weighted by Crippen LogP contribution is -2.39. The number of piperidine rings is 1. The molecule has 0 radical (unpaired) electrons. The van der Waals surface area contributed by atoms with Crippen LogP contribution in [0, 0.1) is 18.3 Å². The van der Waals surface area contributed by atoms with Gasteiger partial charge in [0.05, 0.1) is 16.7 Å². The minimum Gasteiger partial charge on any atom is -0.486 e. The van der Waals surface area contributed by atoms with Crippen LogP contribution in [0.4, 0.5) is 20.7 Å². The zero-order valence-electron chi connectivity index (χ0n) is 19.5. The molecule has 1 aliphatic heterocycles. The molecule has 3 rings (SSSR count). The standard InChI is InChI=1S/C23H26FN3O7S/c1-5-31-21-20(33-16-9-12-27(13-10-16)34-23(28)32-15(2)3)8-11-25-22(21)26-19-7-6-17(14-18(19)24)35(4,29)30/h1,6-8,11,14-16H,9-10,12-13H2,2-4H3,(H,25,26). The maximum Gasteiger partial charge on any atom is 0.528 e. The Balaban J connectivity index is 1.70. The van der Waals surface area contributed by atoms with E-state index in [0.29, 0.717) is 25.9 Å². The summed E-state index contributed by atoms with van der Waals surface area (Å²) in [6.45, 7) is 4.32. The molecule has 188 valence electrons. The van der Waals surface area contributed by atoms with Gasteiger partial charge in [0.1, 0.15) is 18.0 Å². The van der Waals surface area contributed by atoms with E-state index in [4.69, 9.17) is 25.5 Å². The molecule has 1 N–H and O–H groups in total. The Morgan fingerprint density at radius 2 is 2.00 bits per heavy atom. The lowest BCUT2D eigenvalue weighted by atomic mass is 10.1. The van der Waals surface area contributed by atoms with Crippen molar-refractivity contribution in [2.24, 2.45) is 0 Å². The monoisotopic (exact) mass is 507 g/mol. The number of rotatable bonds is 8. The highest BCUT2D eigenvalue weighted by atomic mass is 32.2. The Morgan fingerprint density at radius 1 is 1.29 bits per heavy atom. The molecule has 0 saturated carbocycles. The number of terminal acetylenes is 1. The van der Waals surface area contributed by atoms with Crippen molar-refractivity contribution in [2.75, 3.05) is 24.7 Å². The number of hydroxylamine groups is 2. The van der Waals surface area contributed by atoms with Gasteiger partial charge in [0.15, 0.2) is 21.4 Å². The van der Waals surface area contributed by atoms with Crippen LogP contribution in [0.25, 0.3) is 0 Å². The van der Waals surface area contributed by atoms with E-state index in [0.717, 1.165) is 12.3 Å². The molecule has 10 nitrogen and oxygen atoms in total. The van der Waals surface area contributed by atoms with Crippen molar-refractivity contribution in [3.8, 4) is 24.0 Å². The average Bonchev–Trinajstić information content (AvgIpc) is 2.77. The van der Waals surface area contributed by atoms with Crippen LogP contribution in [-0.4, -0.2) is 56.2 Å². The van der Waals surface area contributed by atoms with Crippen molar-refractivity contribution < 1.29 is 36.7 Å². The Labute approximate surface area is 203 Å². The predicted octanol–water partition coefficient (Wildman–Crippen LogP) is 3.66. The molecule has 0 atom stereocenters. The van der Waals surface area contributed by atoms with Gasteiger partial charge in [0.2, 0.25) is 5.75 Å². The van der Waals surface area contributed by atoms with Crippen LogP contribution in [0.3, 0.4) is 0 Å². The first-order valence-electron chi connectivity index (χ1n) is 10.7. The number of anilines is 2. The fraction of sp³-hybridized carbons (Fsp3) is 0.391. The maximum absolute atomic E-state index is 14.5. The smallest absolute Gasteiger partial charge is 0.486 e. The Morgan fingerprint density at radius 3 is 2.60 bits per heavy atom. The highest BCUT2D eigenvalue weighted by Gasteiger charge is 2.26. The molecule has 1 aliphatic rings. The van der Waals surface area contributed by atoms with E-state index in [1.54, 1.807) is 19.9 Å². The van der Waals surface area contributed by atoms with E-state index < -0.39 is 21.8 Å². The molecule has 1 aromatic carbocycles. The van der Waals surface area contributed by atoms with Crippen LogP contribution >= 0.6 is 0 Å². The SMILES string of the molecule is C#COc1c(OC2CCN(OC(=O)OC(C)C)CC2)ccnc1Nc1ccc(S(C)(=O)=O)cc1F. The molecule has 1 aromatic heterocycles. The molecule has 1 saturated heterocycles. The molecule has 2 heterocycles. The summed E-state index contributed by atoms with van der Waals surface area (Å²) in [5.74, 6) is -0.354. The van der Waals surface area contributed by atoms with E-state index in [1.807, 2.05) is 0 Å². The van der Waals surface area contributed by atoms with Crippen molar-refractivity contribution in [1.82, 2.24) is 10.0 Å². The van der Waals surface area contributed by atoms with Crippen LogP contribution in [0.2, 0.25) is 0 Å². The molecule has 1 fully saturated rings. The molecule has 35 heavy (non-hydrogen) atoms. The normalized spacial score (nSPS) is 14.7. The third kappa shape index (κ3) is 7.21. The molecule has 0 amide bonds. The quantitative estimate of drug-likeness (QED) is 0.419. The Hall–Kier alpha value is -3.56. The van der Waals surface area contributed by atoms with Gasteiger partial charge in [-0.2, -0.15) is 0 Å². The van der Waals surface area contributed by atoms with Crippen molar-refractivity contribution in [3.63, 3.8) is 0 Å². The minimum absolute atomic E-state index is 0.0253.